The van der Waals surface area contributed by atoms with Crippen molar-refractivity contribution in [3.63, 3.8) is 0 Å². The Bertz CT molecular complexity index is 803. The summed E-state index contributed by atoms with van der Waals surface area (Å²) in [5.41, 5.74) is 0. The number of anilines is 1. The van der Waals surface area contributed by atoms with E-state index < -0.39 is 16.1 Å². The molecule has 10 nitrogen and oxygen atoms in total. The third-order valence-corrected chi connectivity index (χ3v) is 7.18. The summed E-state index contributed by atoms with van der Waals surface area (Å²) in [6, 6.07) is 0. The van der Waals surface area contributed by atoms with E-state index in [9.17, 15) is 13.2 Å². The Kier molecular flexibility index (Phi) is 6.67. The van der Waals surface area contributed by atoms with Gasteiger partial charge in [-0.25, -0.2) is 13.2 Å². The van der Waals surface area contributed by atoms with Gasteiger partial charge < -0.3 is 4.74 Å². The molecule has 1 aromatic heterocycles. The maximum atomic E-state index is 12.4. The van der Waals surface area contributed by atoms with Crippen LogP contribution >= 0.6 is 0 Å². The Hall–Kier alpha value is -1.88. The number of rotatable bonds is 5. The Balaban J connectivity index is 1.54. The van der Waals surface area contributed by atoms with E-state index in [0.717, 1.165) is 12.8 Å². The number of sulfonamides is 1. The zero-order valence-corrected chi connectivity index (χ0v) is 18.4. The Labute approximate surface area is 172 Å². The molecule has 2 aliphatic rings. The minimum atomic E-state index is -3.19. The van der Waals surface area contributed by atoms with Gasteiger partial charge in [0.2, 0.25) is 15.3 Å². The summed E-state index contributed by atoms with van der Waals surface area (Å²) in [5.74, 6) is 1.55. The third kappa shape index (κ3) is 5.59. The van der Waals surface area contributed by atoms with Gasteiger partial charge >= 0.3 is 12.0 Å². The van der Waals surface area contributed by atoms with E-state index in [-0.39, 0.29) is 12.0 Å². The van der Waals surface area contributed by atoms with Crippen LogP contribution in [0.3, 0.4) is 0 Å². The zero-order chi connectivity index (χ0) is 21.2. The van der Waals surface area contributed by atoms with Gasteiger partial charge in [-0.1, -0.05) is 27.2 Å². The number of carbonyl (C=O) groups excluding carboxylic acids is 1. The van der Waals surface area contributed by atoms with Crippen molar-refractivity contribution in [2.75, 3.05) is 42.8 Å². The lowest BCUT2D eigenvalue weighted by atomic mass is 9.75. The van der Waals surface area contributed by atoms with Gasteiger partial charge in [0.05, 0.1) is 24.1 Å². The zero-order valence-electron chi connectivity index (χ0n) is 17.6. The van der Waals surface area contributed by atoms with Crippen molar-refractivity contribution in [1.29, 1.82) is 0 Å². The summed E-state index contributed by atoms with van der Waals surface area (Å²) >= 11 is 0. The van der Waals surface area contributed by atoms with Gasteiger partial charge in [-0.15, -0.1) is 0 Å². The van der Waals surface area contributed by atoms with E-state index in [1.54, 1.807) is 6.20 Å². The fraction of sp³-hybridized carbons (Fsp3) is 0.833. The second-order valence-corrected chi connectivity index (χ2v) is 10.5. The van der Waals surface area contributed by atoms with Crippen LogP contribution in [-0.2, 0) is 14.8 Å². The van der Waals surface area contributed by atoms with Crippen LogP contribution in [0.5, 0.6) is 0 Å². The molecule has 1 saturated carbocycles. The van der Waals surface area contributed by atoms with E-state index in [1.807, 2.05) is 5.01 Å². The standard InChI is InChI=1S/C18H31N5O5S/c1-13(2)15-6-5-14(3)11-16(15)27-18(24)19-17-12-23(20-28-17)21-7-9-22(10-8-21)29(4,25)26/h12-16H,5-11H2,1-4H3/p+1. The van der Waals surface area contributed by atoms with E-state index in [0.29, 0.717) is 43.9 Å². The molecule has 164 valence electrons. The van der Waals surface area contributed by atoms with Crippen LogP contribution < -0.4 is 15.1 Å². The first-order valence-electron chi connectivity index (χ1n) is 10.2. The first-order valence-corrected chi connectivity index (χ1v) is 12.0. The van der Waals surface area contributed by atoms with Crippen molar-refractivity contribution in [3.05, 3.63) is 6.20 Å². The lowest BCUT2D eigenvalue weighted by Crippen LogP contribution is -2.65. The van der Waals surface area contributed by atoms with Crippen molar-refractivity contribution in [2.45, 2.75) is 46.1 Å². The Morgan fingerprint density at radius 1 is 1.31 bits per heavy atom. The molecule has 11 heteroatoms. The molecule has 1 amide bonds. The average Bonchev–Trinajstić information content (AvgIpc) is 3.09. The normalized spacial score (nSPS) is 26.5. The highest BCUT2D eigenvalue weighted by Crippen LogP contribution is 2.35. The fourth-order valence-corrected chi connectivity index (χ4v) is 4.98. The summed E-state index contributed by atoms with van der Waals surface area (Å²) in [4.78, 5) is 13.9. The molecule has 1 aromatic rings. The molecule has 0 aromatic carbocycles. The molecule has 3 unspecified atom stereocenters. The van der Waals surface area contributed by atoms with Gasteiger partial charge in [0.25, 0.3) is 6.20 Å². The van der Waals surface area contributed by atoms with Gasteiger partial charge in [0.1, 0.15) is 6.10 Å². The highest BCUT2D eigenvalue weighted by molar-refractivity contribution is 7.88. The second kappa shape index (κ2) is 8.86. The summed E-state index contributed by atoms with van der Waals surface area (Å²) in [6.45, 7) is 8.22. The largest absolute Gasteiger partial charge is 0.446 e. The van der Waals surface area contributed by atoms with Crippen LogP contribution in [0.4, 0.5) is 10.7 Å². The second-order valence-electron chi connectivity index (χ2n) is 8.50. The first-order chi connectivity index (χ1) is 13.6. The number of amides is 1. The predicted molar refractivity (Wildman–Crippen MR) is 106 cm³/mol. The minimum Gasteiger partial charge on any atom is -0.446 e. The number of hydrogen-bond donors (Lipinski definition) is 1. The molecule has 0 spiro atoms. The molecule has 0 radical (unpaired) electrons. The molecule has 1 saturated heterocycles. The van der Waals surface area contributed by atoms with Gasteiger partial charge in [-0.05, 0) is 30.6 Å². The molecule has 3 rings (SSSR count). The molecule has 1 aliphatic carbocycles. The molecule has 3 atom stereocenters. The molecule has 1 aliphatic heterocycles. The maximum Gasteiger partial charge on any atom is 0.414 e. The van der Waals surface area contributed by atoms with E-state index in [4.69, 9.17) is 9.26 Å². The van der Waals surface area contributed by atoms with Crippen molar-refractivity contribution in [2.24, 2.45) is 17.8 Å². The van der Waals surface area contributed by atoms with Gasteiger partial charge in [0, 0.05) is 13.1 Å². The van der Waals surface area contributed by atoms with Crippen molar-refractivity contribution < 1.29 is 27.3 Å². The number of hydrogen-bond acceptors (Lipinski definition) is 7. The van der Waals surface area contributed by atoms with Crippen molar-refractivity contribution >= 4 is 22.0 Å². The molecule has 0 bridgehead atoms. The van der Waals surface area contributed by atoms with Crippen LogP contribution in [0.2, 0.25) is 0 Å². The number of nitrogens with zero attached hydrogens (tertiary/aromatic N) is 4. The number of ether oxygens (including phenoxy) is 1. The molecule has 2 heterocycles. The van der Waals surface area contributed by atoms with Crippen LogP contribution in [0.1, 0.15) is 40.0 Å². The fourth-order valence-electron chi connectivity index (χ4n) is 4.16. The van der Waals surface area contributed by atoms with Crippen LogP contribution in [0.25, 0.3) is 0 Å². The Morgan fingerprint density at radius 3 is 2.62 bits per heavy atom. The number of piperazine rings is 1. The smallest absolute Gasteiger partial charge is 0.414 e. The van der Waals surface area contributed by atoms with E-state index >= 15 is 0 Å². The number of aromatic nitrogens is 2. The highest BCUT2D eigenvalue weighted by Gasteiger charge is 2.34. The lowest BCUT2D eigenvalue weighted by Gasteiger charge is -2.36. The molecule has 29 heavy (non-hydrogen) atoms. The van der Waals surface area contributed by atoms with Crippen LogP contribution in [0, 0.1) is 17.8 Å². The van der Waals surface area contributed by atoms with Crippen LogP contribution in [0.15, 0.2) is 10.7 Å². The molecular formula is C18H32N5O5S+. The summed E-state index contributed by atoms with van der Waals surface area (Å²) < 4.78 is 35.6. The van der Waals surface area contributed by atoms with Gasteiger partial charge in [-0.3, -0.25) is 9.84 Å². The Morgan fingerprint density at radius 2 is 2.00 bits per heavy atom. The molecule has 1 N–H and O–H groups in total. The summed E-state index contributed by atoms with van der Waals surface area (Å²) in [7, 11) is -3.19. The SMILES string of the molecule is CC1CCC(C(C)C)C(OC(=O)Nc2c[n+](N3CCN(S(C)(=O)=O)CC3)no2)C1. The van der Waals surface area contributed by atoms with Gasteiger partial charge in [-0.2, -0.15) is 9.31 Å². The van der Waals surface area contributed by atoms with Crippen molar-refractivity contribution in [1.82, 2.24) is 9.58 Å². The maximum absolute atomic E-state index is 12.4. The minimum absolute atomic E-state index is 0.0992. The van der Waals surface area contributed by atoms with Gasteiger partial charge in [0.15, 0.2) is 0 Å². The number of nitrogens with one attached hydrogen (secondary N) is 1. The number of carbonyl (C=O) groups is 1. The first kappa shape index (κ1) is 21.8. The third-order valence-electron chi connectivity index (χ3n) is 5.87. The topological polar surface area (TPSA) is 109 Å². The predicted octanol–water partition coefficient (Wildman–Crippen LogP) is 1.18. The van der Waals surface area contributed by atoms with Crippen molar-refractivity contribution in [3.8, 4) is 0 Å². The quantitative estimate of drug-likeness (QED) is 0.699. The highest BCUT2D eigenvalue weighted by atomic mass is 32.2. The van der Waals surface area contributed by atoms with Crippen LogP contribution in [-0.4, -0.2) is 62.6 Å². The lowest BCUT2D eigenvalue weighted by molar-refractivity contribution is -0.759. The molecule has 2 fully saturated rings. The monoisotopic (exact) mass is 430 g/mol. The van der Waals surface area contributed by atoms with E-state index in [2.05, 4.69) is 31.4 Å². The van der Waals surface area contributed by atoms with E-state index in [1.165, 1.54) is 21.8 Å². The summed E-state index contributed by atoms with van der Waals surface area (Å²) in [6.07, 6.45) is 5.23. The summed E-state index contributed by atoms with van der Waals surface area (Å²) in [5, 5.41) is 8.37. The average molecular weight is 431 g/mol. The molecular weight excluding hydrogens is 398 g/mol.